The van der Waals surface area contributed by atoms with E-state index in [1.165, 1.54) is 4.57 Å². The molecule has 1 aliphatic rings. The van der Waals surface area contributed by atoms with Crippen molar-refractivity contribution in [1.82, 2.24) is 9.55 Å². The number of rotatable bonds is 4. The molecule has 0 saturated carbocycles. The average molecular weight is 324 g/mol. The van der Waals surface area contributed by atoms with Crippen LogP contribution in [0.3, 0.4) is 0 Å². The number of aromatic amines is 1. The smallest absolute Gasteiger partial charge is 0.330 e. The molecule has 1 saturated heterocycles. The van der Waals surface area contributed by atoms with Gasteiger partial charge in [-0.3, -0.25) is 14.3 Å². The van der Waals surface area contributed by atoms with Gasteiger partial charge in [0.1, 0.15) is 6.23 Å². The third kappa shape index (κ3) is 3.87. The molecule has 5 nitrogen and oxygen atoms in total. The Morgan fingerprint density at radius 2 is 2.09 bits per heavy atom. The first-order valence-corrected chi connectivity index (χ1v) is 11.5. The second-order valence-electron chi connectivity index (χ2n) is 7.20. The van der Waals surface area contributed by atoms with Gasteiger partial charge in [0.15, 0.2) is 0 Å². The van der Waals surface area contributed by atoms with Gasteiger partial charge in [-0.2, -0.15) is 0 Å². The molecule has 0 amide bonds. The van der Waals surface area contributed by atoms with Crippen LogP contribution in [0.2, 0.25) is 19.6 Å². The summed E-state index contributed by atoms with van der Waals surface area (Å²) in [5.41, 5.74) is 1.87. The summed E-state index contributed by atoms with van der Waals surface area (Å²) >= 11 is 0. The van der Waals surface area contributed by atoms with Crippen molar-refractivity contribution in [3.63, 3.8) is 0 Å². The highest BCUT2D eigenvalue weighted by Crippen LogP contribution is 2.33. The van der Waals surface area contributed by atoms with Crippen LogP contribution in [0, 0.1) is 5.92 Å². The van der Waals surface area contributed by atoms with E-state index in [2.05, 4.69) is 44.2 Å². The number of aromatic nitrogens is 2. The van der Waals surface area contributed by atoms with E-state index in [9.17, 15) is 9.59 Å². The quantitative estimate of drug-likeness (QED) is 0.684. The lowest BCUT2D eigenvalue weighted by Gasteiger charge is -2.15. The van der Waals surface area contributed by atoms with E-state index in [-0.39, 0.29) is 17.9 Å². The lowest BCUT2D eigenvalue weighted by Crippen LogP contribution is -2.33. The van der Waals surface area contributed by atoms with Crippen LogP contribution >= 0.6 is 0 Å². The maximum Gasteiger partial charge on any atom is 0.330 e. The minimum absolute atomic E-state index is 0.171. The maximum absolute atomic E-state index is 12.1. The Bertz CT molecular complexity index is 669. The van der Waals surface area contributed by atoms with Crippen molar-refractivity contribution in [3.8, 4) is 0 Å². The molecule has 0 aromatic carbocycles. The van der Waals surface area contributed by atoms with Gasteiger partial charge in [0, 0.05) is 6.20 Å². The maximum atomic E-state index is 12.1. The van der Waals surface area contributed by atoms with Crippen molar-refractivity contribution in [1.29, 1.82) is 0 Å². The minimum atomic E-state index is -1.41. The Balaban J connectivity index is 2.36. The molecule has 1 aromatic heterocycles. The predicted molar refractivity (Wildman–Crippen MR) is 91.7 cm³/mol. The SMILES string of the molecule is CC[C@H]1O[C@@H](n2cc([13CH]=[13CH][Si](C)(C)C)c(=O)[nH]c2=O)C[C@H]1C. The highest BCUT2D eigenvalue weighted by atomic mass is 28.3. The molecule has 22 heavy (non-hydrogen) atoms. The van der Waals surface area contributed by atoms with Gasteiger partial charge in [-0.25, -0.2) is 4.79 Å². The largest absolute Gasteiger partial charge is 0.354 e. The predicted octanol–water partition coefficient (Wildman–Crippen LogP) is 2.76. The van der Waals surface area contributed by atoms with Gasteiger partial charge in [0.05, 0.1) is 19.7 Å². The molecule has 1 aromatic rings. The van der Waals surface area contributed by atoms with E-state index in [0.29, 0.717) is 11.5 Å². The van der Waals surface area contributed by atoms with Crippen LogP contribution in [0.25, 0.3) is 6.08 Å². The molecule has 0 bridgehead atoms. The monoisotopic (exact) mass is 324 g/mol. The summed E-state index contributed by atoms with van der Waals surface area (Å²) in [4.78, 5) is 26.5. The van der Waals surface area contributed by atoms with Crippen LogP contribution in [-0.2, 0) is 4.74 Å². The number of ether oxygens (including phenoxy) is 1. The Morgan fingerprint density at radius 3 is 2.64 bits per heavy atom. The number of hydrogen-bond acceptors (Lipinski definition) is 3. The molecule has 2 rings (SSSR count). The minimum Gasteiger partial charge on any atom is -0.354 e. The molecule has 3 atom stereocenters. The fourth-order valence-corrected chi connectivity index (χ4v) is 3.39. The summed E-state index contributed by atoms with van der Waals surface area (Å²) in [7, 11) is -1.41. The van der Waals surface area contributed by atoms with Gasteiger partial charge >= 0.3 is 5.69 Å². The molecule has 0 spiro atoms. The molecule has 1 fully saturated rings. The first kappa shape index (κ1) is 17.0. The second kappa shape index (κ2) is 6.38. The van der Waals surface area contributed by atoms with Gasteiger partial charge in [-0.1, -0.05) is 45.3 Å². The van der Waals surface area contributed by atoms with Gasteiger partial charge in [-0.05, 0) is 18.8 Å². The van der Waals surface area contributed by atoms with E-state index in [0.717, 1.165) is 12.8 Å². The third-order valence-corrected chi connectivity index (χ3v) is 5.18. The van der Waals surface area contributed by atoms with E-state index in [1.54, 1.807) is 6.20 Å². The van der Waals surface area contributed by atoms with Gasteiger partial charge < -0.3 is 4.74 Å². The fourth-order valence-electron chi connectivity index (χ4n) is 2.71. The van der Waals surface area contributed by atoms with E-state index < -0.39 is 13.8 Å². The molecule has 122 valence electrons. The Hall–Kier alpha value is -1.40. The normalized spacial score (nSPS) is 26.0. The van der Waals surface area contributed by atoms with Crippen molar-refractivity contribution in [2.24, 2.45) is 5.92 Å². The van der Waals surface area contributed by atoms with Crippen LogP contribution in [0.15, 0.2) is 21.5 Å². The van der Waals surface area contributed by atoms with Crippen molar-refractivity contribution >= 4 is 14.1 Å². The summed E-state index contributed by atoms with van der Waals surface area (Å²) in [6, 6.07) is 0. The highest BCUT2D eigenvalue weighted by molar-refractivity contribution is 6.81. The van der Waals surface area contributed by atoms with E-state index in [1.807, 2.05) is 6.08 Å². The van der Waals surface area contributed by atoms with Crippen LogP contribution in [-0.4, -0.2) is 23.7 Å². The number of nitrogens with zero attached hydrogens (tertiary/aromatic N) is 1. The van der Waals surface area contributed by atoms with Gasteiger partial charge in [0.2, 0.25) is 0 Å². The molecule has 2 heterocycles. The molecule has 0 unspecified atom stereocenters. The molecule has 0 radical (unpaired) electrons. The third-order valence-electron chi connectivity index (χ3n) is 4.01. The van der Waals surface area contributed by atoms with Crippen LogP contribution in [0.1, 0.15) is 38.5 Å². The Morgan fingerprint density at radius 1 is 1.41 bits per heavy atom. The molecular weight excluding hydrogens is 298 g/mol. The molecule has 1 N–H and O–H groups in total. The summed E-state index contributed by atoms with van der Waals surface area (Å²) in [5, 5.41) is 0. The van der Waals surface area contributed by atoms with Crippen molar-refractivity contribution in [2.45, 2.75) is 58.7 Å². The van der Waals surface area contributed by atoms with Crippen molar-refractivity contribution < 1.29 is 4.74 Å². The fraction of sp³-hybridized carbons (Fsp3) is 0.625. The van der Waals surface area contributed by atoms with Gasteiger partial charge in [0.25, 0.3) is 5.56 Å². The Labute approximate surface area is 132 Å². The summed E-state index contributed by atoms with van der Waals surface area (Å²) in [6.45, 7) is 10.8. The molecular formula is C16H26N2O3Si. The van der Waals surface area contributed by atoms with Gasteiger partial charge in [-0.15, -0.1) is 0 Å². The van der Waals surface area contributed by atoms with Crippen molar-refractivity contribution in [2.75, 3.05) is 0 Å². The highest BCUT2D eigenvalue weighted by Gasteiger charge is 2.32. The zero-order chi connectivity index (χ0) is 16.5. The Kier molecular flexibility index (Phi) is 4.92. The first-order chi connectivity index (χ1) is 10.2. The average Bonchev–Trinajstić information content (AvgIpc) is 2.77. The summed E-state index contributed by atoms with van der Waals surface area (Å²) in [5.74, 6) is 0.412. The molecule has 6 heteroatoms. The first-order valence-electron chi connectivity index (χ1n) is 7.91. The topological polar surface area (TPSA) is 64.1 Å². The number of H-pyrrole nitrogens is 1. The number of nitrogens with one attached hydrogen (secondary N) is 1. The zero-order valence-corrected chi connectivity index (χ0v) is 15.1. The van der Waals surface area contributed by atoms with E-state index in [4.69, 9.17) is 4.74 Å². The number of hydrogen-bond donors (Lipinski definition) is 1. The summed E-state index contributed by atoms with van der Waals surface area (Å²) in [6.07, 6.45) is 5.07. The van der Waals surface area contributed by atoms with Crippen LogP contribution in [0.5, 0.6) is 0 Å². The van der Waals surface area contributed by atoms with Crippen LogP contribution in [0.4, 0.5) is 0 Å². The zero-order valence-electron chi connectivity index (χ0n) is 14.1. The molecule has 0 aliphatic carbocycles. The standard InChI is InChI=1S/C16H26N2O3Si/c1-6-13-11(2)9-14(21-13)18-10-12(7-8-22(3,4)5)15(19)17-16(18)20/h7-8,10-11,13-14H,6,9H2,1-5H3,(H,17,19,20)/t11-,13-,14-/m1/s1/i7+1,8+1. The van der Waals surface area contributed by atoms with Crippen molar-refractivity contribution in [3.05, 3.63) is 38.3 Å². The lowest BCUT2D eigenvalue weighted by molar-refractivity contribution is -0.00761. The second-order valence-corrected chi connectivity index (χ2v) is 12.3. The van der Waals surface area contributed by atoms with Crippen LogP contribution < -0.4 is 11.2 Å². The summed E-state index contributed by atoms with van der Waals surface area (Å²) < 4.78 is 7.48. The lowest BCUT2D eigenvalue weighted by atomic mass is 10.0. The van der Waals surface area contributed by atoms with E-state index >= 15 is 0 Å². The molecule has 1 aliphatic heterocycles.